The second kappa shape index (κ2) is 10.2. The zero-order chi connectivity index (χ0) is 25.9. The van der Waals surface area contributed by atoms with Crippen molar-refractivity contribution in [3.8, 4) is 28.6 Å². The Morgan fingerprint density at radius 2 is 1.67 bits per heavy atom. The third-order valence-corrected chi connectivity index (χ3v) is 7.06. The standard InChI is InChI=1S/C23H24FN7O4S/c1-14-8-9-16(11-25-14)22-28-29-23(31(22)21-18(34-3)6-5-7-19(21)35-4)30-36(32,33)15(2)10-20-26-12-17(24)13-27-20/h5-9,11-13,15H,10H2,1-4H3,(H,29,30)/t15-/m1/s1. The maximum Gasteiger partial charge on any atom is 0.243 e. The molecule has 1 atom stereocenters. The summed E-state index contributed by atoms with van der Waals surface area (Å²) in [6.45, 7) is 3.34. The molecule has 0 fully saturated rings. The van der Waals surface area contributed by atoms with E-state index < -0.39 is 21.1 Å². The highest BCUT2D eigenvalue weighted by Gasteiger charge is 2.28. The van der Waals surface area contributed by atoms with Gasteiger partial charge < -0.3 is 9.47 Å². The van der Waals surface area contributed by atoms with E-state index in [0.29, 0.717) is 28.6 Å². The first-order valence-corrected chi connectivity index (χ1v) is 12.4. The zero-order valence-corrected chi connectivity index (χ0v) is 20.8. The van der Waals surface area contributed by atoms with Crippen molar-refractivity contribution in [3.63, 3.8) is 0 Å². The van der Waals surface area contributed by atoms with Crippen molar-refractivity contribution < 1.29 is 22.3 Å². The van der Waals surface area contributed by atoms with Crippen molar-refractivity contribution >= 4 is 16.0 Å². The van der Waals surface area contributed by atoms with Gasteiger partial charge in [-0.3, -0.25) is 14.3 Å². The first-order valence-electron chi connectivity index (χ1n) is 10.8. The van der Waals surface area contributed by atoms with Gasteiger partial charge in [-0.05, 0) is 38.1 Å². The summed E-state index contributed by atoms with van der Waals surface area (Å²) in [6, 6.07) is 8.77. The Labute approximate surface area is 207 Å². The van der Waals surface area contributed by atoms with Gasteiger partial charge in [0.05, 0.1) is 31.9 Å². The molecule has 0 bridgehead atoms. The number of benzene rings is 1. The number of hydrogen-bond acceptors (Lipinski definition) is 9. The van der Waals surface area contributed by atoms with Gasteiger partial charge in [0, 0.05) is 23.9 Å². The lowest BCUT2D eigenvalue weighted by atomic mass is 10.2. The van der Waals surface area contributed by atoms with Gasteiger partial charge in [-0.2, -0.15) is 0 Å². The maximum atomic E-state index is 13.3. The minimum absolute atomic E-state index is 0.0452. The van der Waals surface area contributed by atoms with E-state index in [1.54, 1.807) is 30.5 Å². The van der Waals surface area contributed by atoms with Crippen LogP contribution < -0.4 is 14.2 Å². The number of nitrogens with one attached hydrogen (secondary N) is 1. The molecule has 1 aromatic carbocycles. The smallest absolute Gasteiger partial charge is 0.243 e. The number of nitrogens with zero attached hydrogens (tertiary/aromatic N) is 6. The Kier molecular flexibility index (Phi) is 7.10. The highest BCUT2D eigenvalue weighted by atomic mass is 32.2. The molecule has 0 spiro atoms. The number of hydrogen-bond donors (Lipinski definition) is 1. The van der Waals surface area contributed by atoms with E-state index in [1.165, 1.54) is 25.7 Å². The van der Waals surface area contributed by atoms with Gasteiger partial charge in [-0.15, -0.1) is 10.2 Å². The molecule has 0 aliphatic carbocycles. The molecule has 4 rings (SSSR count). The topological polar surface area (TPSA) is 134 Å². The Morgan fingerprint density at radius 1 is 1.00 bits per heavy atom. The molecule has 3 heterocycles. The fourth-order valence-electron chi connectivity index (χ4n) is 3.44. The molecule has 1 N–H and O–H groups in total. The Balaban J connectivity index is 1.80. The normalized spacial score (nSPS) is 12.2. The van der Waals surface area contributed by atoms with Crippen LogP contribution in [0.15, 0.2) is 48.9 Å². The summed E-state index contributed by atoms with van der Waals surface area (Å²) in [5.41, 5.74) is 1.80. The summed E-state index contributed by atoms with van der Waals surface area (Å²) < 4.78 is 54.8. The monoisotopic (exact) mass is 513 g/mol. The second-order valence-corrected chi connectivity index (χ2v) is 9.96. The first-order chi connectivity index (χ1) is 17.2. The molecule has 0 amide bonds. The molecule has 0 unspecified atom stereocenters. The Bertz CT molecular complexity index is 1440. The number of rotatable bonds is 9. The van der Waals surface area contributed by atoms with Crippen molar-refractivity contribution in [2.45, 2.75) is 25.5 Å². The minimum Gasteiger partial charge on any atom is -0.494 e. The molecule has 0 radical (unpaired) electrons. The molecule has 11 nitrogen and oxygen atoms in total. The van der Waals surface area contributed by atoms with E-state index in [4.69, 9.17) is 9.47 Å². The van der Waals surface area contributed by atoms with Crippen LogP contribution in [0.4, 0.5) is 10.3 Å². The summed E-state index contributed by atoms with van der Waals surface area (Å²) >= 11 is 0. The fraction of sp³-hybridized carbons (Fsp3) is 0.261. The van der Waals surface area contributed by atoms with Crippen molar-refractivity contribution in [1.82, 2.24) is 29.7 Å². The van der Waals surface area contributed by atoms with Gasteiger partial charge >= 0.3 is 0 Å². The molecule has 188 valence electrons. The summed E-state index contributed by atoms with van der Waals surface area (Å²) in [6.07, 6.45) is 3.55. The number of halogens is 1. The van der Waals surface area contributed by atoms with E-state index in [2.05, 4.69) is 29.9 Å². The molecule has 36 heavy (non-hydrogen) atoms. The molecular formula is C23H24FN7O4S. The van der Waals surface area contributed by atoms with Crippen molar-refractivity contribution in [1.29, 1.82) is 0 Å². The van der Waals surface area contributed by atoms with Crippen LogP contribution in [0.25, 0.3) is 17.1 Å². The van der Waals surface area contributed by atoms with E-state index in [9.17, 15) is 12.8 Å². The average molecular weight is 514 g/mol. The van der Waals surface area contributed by atoms with Gasteiger partial charge in [-0.1, -0.05) is 6.07 Å². The fourth-order valence-corrected chi connectivity index (χ4v) is 4.40. The highest BCUT2D eigenvalue weighted by molar-refractivity contribution is 7.93. The zero-order valence-electron chi connectivity index (χ0n) is 20.0. The number of sulfonamides is 1. The van der Waals surface area contributed by atoms with Gasteiger partial charge in [0.15, 0.2) is 11.6 Å². The van der Waals surface area contributed by atoms with Crippen LogP contribution in [0, 0.1) is 12.7 Å². The van der Waals surface area contributed by atoms with Gasteiger partial charge in [0.2, 0.25) is 16.0 Å². The third kappa shape index (κ3) is 5.10. The molecule has 13 heteroatoms. The summed E-state index contributed by atoms with van der Waals surface area (Å²) in [5.74, 6) is 0.628. The molecule has 4 aromatic rings. The first kappa shape index (κ1) is 25.0. The van der Waals surface area contributed by atoms with E-state index >= 15 is 0 Å². The van der Waals surface area contributed by atoms with Crippen LogP contribution in [-0.2, 0) is 16.4 Å². The van der Waals surface area contributed by atoms with Gasteiger partial charge in [0.1, 0.15) is 23.0 Å². The number of pyridine rings is 1. The van der Waals surface area contributed by atoms with Crippen LogP contribution in [-0.4, -0.2) is 57.6 Å². The number of aromatic nitrogens is 6. The van der Waals surface area contributed by atoms with Gasteiger partial charge in [0.25, 0.3) is 0 Å². The second-order valence-electron chi connectivity index (χ2n) is 7.86. The molecule has 0 saturated carbocycles. The van der Waals surface area contributed by atoms with Crippen LogP contribution in [0.2, 0.25) is 0 Å². The molecular weight excluding hydrogens is 489 g/mol. The van der Waals surface area contributed by atoms with E-state index in [1.807, 2.05) is 13.0 Å². The maximum absolute atomic E-state index is 13.3. The lowest BCUT2D eigenvalue weighted by Crippen LogP contribution is -2.29. The van der Waals surface area contributed by atoms with Crippen LogP contribution in [0.3, 0.4) is 0 Å². The quantitative estimate of drug-likeness (QED) is 0.358. The molecule has 0 aliphatic rings. The Morgan fingerprint density at radius 3 is 2.25 bits per heavy atom. The van der Waals surface area contributed by atoms with Crippen LogP contribution >= 0.6 is 0 Å². The van der Waals surface area contributed by atoms with Crippen LogP contribution in [0.1, 0.15) is 18.4 Å². The van der Waals surface area contributed by atoms with Crippen LogP contribution in [0.5, 0.6) is 11.5 Å². The largest absolute Gasteiger partial charge is 0.494 e. The Hall–Kier alpha value is -4.13. The number of anilines is 1. The summed E-state index contributed by atoms with van der Waals surface area (Å²) in [4.78, 5) is 12.0. The summed E-state index contributed by atoms with van der Waals surface area (Å²) in [5, 5.41) is 7.41. The SMILES string of the molecule is COc1cccc(OC)c1-n1c(NS(=O)(=O)[C@H](C)Cc2ncc(F)cn2)nnc1-c1ccc(C)nc1. The molecule has 0 aliphatic heterocycles. The van der Waals surface area contributed by atoms with E-state index in [-0.39, 0.29) is 18.2 Å². The summed E-state index contributed by atoms with van der Waals surface area (Å²) in [7, 11) is -1.03. The lowest BCUT2D eigenvalue weighted by molar-refractivity contribution is 0.391. The van der Waals surface area contributed by atoms with E-state index in [0.717, 1.165) is 18.1 Å². The van der Waals surface area contributed by atoms with Crippen molar-refractivity contribution in [2.24, 2.45) is 0 Å². The third-order valence-electron chi connectivity index (χ3n) is 5.37. The highest BCUT2D eigenvalue weighted by Crippen LogP contribution is 2.37. The molecule has 0 saturated heterocycles. The van der Waals surface area contributed by atoms with Crippen molar-refractivity contribution in [3.05, 3.63) is 66.3 Å². The van der Waals surface area contributed by atoms with Gasteiger partial charge in [-0.25, -0.2) is 22.8 Å². The number of aryl methyl sites for hydroxylation is 1. The minimum atomic E-state index is -4.01. The average Bonchev–Trinajstić information content (AvgIpc) is 3.27. The number of ether oxygens (including phenoxy) is 2. The lowest BCUT2D eigenvalue weighted by Gasteiger charge is -2.19. The number of methoxy groups -OCH3 is 2. The predicted molar refractivity (Wildman–Crippen MR) is 130 cm³/mol. The molecule has 3 aromatic heterocycles. The predicted octanol–water partition coefficient (Wildman–Crippen LogP) is 2.96. The number of para-hydroxylation sites is 1. The van der Waals surface area contributed by atoms with Crippen molar-refractivity contribution in [2.75, 3.05) is 18.9 Å².